The van der Waals surface area contributed by atoms with Crippen LogP contribution in [0.25, 0.3) is 16.0 Å². The van der Waals surface area contributed by atoms with Crippen LogP contribution in [-0.4, -0.2) is 36.1 Å². The first-order valence-corrected chi connectivity index (χ1v) is 11.2. The van der Waals surface area contributed by atoms with Gasteiger partial charge in [-0.1, -0.05) is 63.1 Å². The monoisotopic (exact) mass is 411 g/mol. The van der Waals surface area contributed by atoms with E-state index in [0.29, 0.717) is 10.8 Å². The molecule has 0 amide bonds. The molecule has 1 saturated carbocycles. The zero-order valence-corrected chi connectivity index (χ0v) is 17.6. The molecule has 1 aliphatic heterocycles. The summed E-state index contributed by atoms with van der Waals surface area (Å²) in [6.45, 7) is 4.28. The Balaban J connectivity index is 0.00000240. The number of aromatic carboxylic acids is 1. The van der Waals surface area contributed by atoms with Crippen molar-refractivity contribution in [2.24, 2.45) is 11.8 Å². The molecule has 1 aromatic carbocycles. The molecule has 1 fully saturated rings. The van der Waals surface area contributed by atoms with E-state index in [9.17, 15) is 9.90 Å². The second kappa shape index (κ2) is 9.27. The quantitative estimate of drug-likeness (QED) is 0.611. The fourth-order valence-electron chi connectivity index (χ4n) is 4.75. The first kappa shape index (κ1) is 21.8. The summed E-state index contributed by atoms with van der Waals surface area (Å²) in [6.07, 6.45) is 6.16. The molecule has 0 unspecified atom stereocenters. The van der Waals surface area contributed by atoms with E-state index in [1.165, 1.54) is 48.2 Å². The van der Waals surface area contributed by atoms with E-state index in [0.717, 1.165) is 41.4 Å². The van der Waals surface area contributed by atoms with Gasteiger partial charge in [-0.15, -0.1) is 11.3 Å². The molecule has 156 valence electrons. The minimum atomic E-state index is -0.806. The van der Waals surface area contributed by atoms with Crippen LogP contribution in [0.3, 0.4) is 0 Å². The molecule has 2 aliphatic rings. The van der Waals surface area contributed by atoms with Crippen molar-refractivity contribution in [3.63, 3.8) is 0 Å². The topological polar surface area (TPSA) is 40.5 Å². The van der Waals surface area contributed by atoms with Gasteiger partial charge in [0, 0.05) is 23.5 Å². The molecule has 0 bridgehead atoms. The summed E-state index contributed by atoms with van der Waals surface area (Å²) >= 11 is 1.41. The predicted octanol–water partition coefficient (Wildman–Crippen LogP) is 6.66. The highest BCUT2D eigenvalue weighted by Crippen LogP contribution is 2.43. The van der Waals surface area contributed by atoms with Crippen molar-refractivity contribution in [3.8, 4) is 10.4 Å². The average Bonchev–Trinajstić information content (AvgIpc) is 3.15. The second-order valence-corrected chi connectivity index (χ2v) is 9.53. The Labute approximate surface area is 179 Å². The van der Waals surface area contributed by atoms with E-state index in [4.69, 9.17) is 0 Å². The number of benzene rings is 1. The fourth-order valence-corrected chi connectivity index (χ4v) is 5.78. The first-order valence-electron chi connectivity index (χ1n) is 10.4. The molecule has 1 N–H and O–H groups in total. The van der Waals surface area contributed by atoms with Crippen LogP contribution in [0.15, 0.2) is 42.0 Å². The van der Waals surface area contributed by atoms with E-state index >= 15 is 0 Å². The molecular formula is C25H33NO2S. The second-order valence-electron chi connectivity index (χ2n) is 8.47. The number of likely N-dealkylation sites (N-methyl/N-ethyl adjacent to an activating group) is 1. The van der Waals surface area contributed by atoms with Gasteiger partial charge < -0.3 is 10.0 Å². The largest absolute Gasteiger partial charge is 0.477 e. The average molecular weight is 412 g/mol. The number of carbonyl (C=O) groups is 1. The normalized spacial score (nSPS) is 23.0. The Morgan fingerprint density at radius 2 is 1.83 bits per heavy atom. The number of hydrogen-bond acceptors (Lipinski definition) is 3. The molecule has 1 aromatic heterocycles. The highest BCUT2D eigenvalue weighted by atomic mass is 32.1. The molecular weight excluding hydrogens is 378 g/mol. The van der Waals surface area contributed by atoms with Crippen molar-refractivity contribution in [3.05, 3.63) is 52.4 Å². The van der Waals surface area contributed by atoms with Crippen molar-refractivity contribution in [1.29, 1.82) is 0 Å². The Bertz CT molecular complexity index is 875. The molecule has 0 atom stereocenters. The van der Waals surface area contributed by atoms with Crippen LogP contribution >= 0.6 is 11.3 Å². The number of carboxylic acids is 1. The van der Waals surface area contributed by atoms with Gasteiger partial charge in [-0.25, -0.2) is 4.79 Å². The van der Waals surface area contributed by atoms with Gasteiger partial charge in [-0.2, -0.15) is 0 Å². The molecule has 0 spiro atoms. The van der Waals surface area contributed by atoms with Crippen LogP contribution < -0.4 is 0 Å². The molecule has 0 radical (unpaired) electrons. The molecule has 2 aromatic rings. The Kier molecular flexibility index (Phi) is 6.97. The first-order chi connectivity index (χ1) is 13.5. The lowest BCUT2D eigenvalue weighted by Crippen LogP contribution is -2.30. The summed E-state index contributed by atoms with van der Waals surface area (Å²) in [5.74, 6) is 0.646. The summed E-state index contributed by atoms with van der Waals surface area (Å²) in [5.41, 5.74) is 4.87. The van der Waals surface area contributed by atoms with E-state index in [-0.39, 0.29) is 7.43 Å². The van der Waals surface area contributed by atoms with Crippen molar-refractivity contribution >= 4 is 22.9 Å². The van der Waals surface area contributed by atoms with Crippen molar-refractivity contribution in [2.75, 3.05) is 20.1 Å². The van der Waals surface area contributed by atoms with Gasteiger partial charge in [0.25, 0.3) is 0 Å². The summed E-state index contributed by atoms with van der Waals surface area (Å²) in [7, 11) is 2.14. The van der Waals surface area contributed by atoms with Gasteiger partial charge in [0.2, 0.25) is 0 Å². The van der Waals surface area contributed by atoms with Crippen LogP contribution in [0, 0.1) is 11.8 Å². The highest BCUT2D eigenvalue weighted by Gasteiger charge is 2.30. The smallest absolute Gasteiger partial charge is 0.346 e. The van der Waals surface area contributed by atoms with Gasteiger partial charge in [0.05, 0.1) is 0 Å². The maximum Gasteiger partial charge on any atom is 0.346 e. The number of thiophene rings is 1. The standard InChI is InChI=1S/C24H29NO2S.CH4/c1-16-8-10-17(11-9-16)19-12-13-25(2)15-21(19)20-14-22(28-23(20)24(26)27)18-6-4-3-5-7-18;/h3-7,14,16-17H,8-13,15H2,1-2H3,(H,26,27);1H4. The maximum absolute atomic E-state index is 12.1. The Hall–Kier alpha value is -1.91. The Morgan fingerprint density at radius 1 is 1.14 bits per heavy atom. The third-order valence-electron chi connectivity index (χ3n) is 6.40. The van der Waals surface area contributed by atoms with E-state index in [1.807, 2.05) is 18.2 Å². The predicted molar refractivity (Wildman–Crippen MR) is 124 cm³/mol. The minimum Gasteiger partial charge on any atom is -0.477 e. The van der Waals surface area contributed by atoms with E-state index in [1.54, 1.807) is 0 Å². The summed E-state index contributed by atoms with van der Waals surface area (Å²) in [6, 6.07) is 12.3. The summed E-state index contributed by atoms with van der Waals surface area (Å²) < 4.78 is 0. The summed E-state index contributed by atoms with van der Waals surface area (Å²) in [5, 5.41) is 9.93. The van der Waals surface area contributed by atoms with Crippen LogP contribution in [0.4, 0.5) is 0 Å². The van der Waals surface area contributed by atoms with Crippen molar-refractivity contribution in [2.45, 2.75) is 46.5 Å². The maximum atomic E-state index is 12.1. The number of nitrogens with zero attached hydrogens (tertiary/aromatic N) is 1. The third-order valence-corrected chi connectivity index (χ3v) is 7.57. The van der Waals surface area contributed by atoms with E-state index < -0.39 is 5.97 Å². The lowest BCUT2D eigenvalue weighted by molar-refractivity contribution is 0.0702. The van der Waals surface area contributed by atoms with Crippen molar-refractivity contribution < 1.29 is 9.90 Å². The lowest BCUT2D eigenvalue weighted by Gasteiger charge is -2.35. The zero-order chi connectivity index (χ0) is 19.7. The third kappa shape index (κ3) is 4.65. The van der Waals surface area contributed by atoms with Crippen LogP contribution in [0.1, 0.15) is 61.7 Å². The van der Waals surface area contributed by atoms with E-state index in [2.05, 4.69) is 37.1 Å². The Morgan fingerprint density at radius 3 is 2.48 bits per heavy atom. The minimum absolute atomic E-state index is 0. The van der Waals surface area contributed by atoms with Crippen LogP contribution in [-0.2, 0) is 0 Å². The molecule has 2 heterocycles. The molecule has 4 heteroatoms. The van der Waals surface area contributed by atoms with Gasteiger partial charge in [-0.3, -0.25) is 0 Å². The molecule has 0 saturated heterocycles. The van der Waals surface area contributed by atoms with Crippen LogP contribution in [0.2, 0.25) is 0 Å². The SMILES string of the molecule is C.CC1CCC(C2=C(c3cc(-c4ccccc4)sc3C(=O)O)CN(C)CC2)CC1. The zero-order valence-electron chi connectivity index (χ0n) is 16.8. The van der Waals surface area contributed by atoms with Crippen molar-refractivity contribution in [1.82, 2.24) is 4.90 Å². The molecule has 29 heavy (non-hydrogen) atoms. The van der Waals surface area contributed by atoms with Gasteiger partial charge in [-0.05, 0) is 55.3 Å². The number of carboxylic acid groups (broad SMARTS) is 1. The summed E-state index contributed by atoms with van der Waals surface area (Å²) in [4.78, 5) is 16.0. The molecule has 4 rings (SSSR count). The van der Waals surface area contributed by atoms with Gasteiger partial charge >= 0.3 is 5.97 Å². The lowest BCUT2D eigenvalue weighted by atomic mass is 9.75. The fraction of sp³-hybridized carbons (Fsp3) is 0.480. The van der Waals surface area contributed by atoms with Gasteiger partial charge in [0.1, 0.15) is 4.88 Å². The molecule has 1 aliphatic carbocycles. The highest BCUT2D eigenvalue weighted by molar-refractivity contribution is 7.17. The number of rotatable bonds is 4. The van der Waals surface area contributed by atoms with Gasteiger partial charge in [0.15, 0.2) is 0 Å². The van der Waals surface area contributed by atoms with Crippen LogP contribution in [0.5, 0.6) is 0 Å². The molecule has 3 nitrogen and oxygen atoms in total. The number of hydrogen-bond donors (Lipinski definition) is 1.